The van der Waals surface area contributed by atoms with Crippen molar-refractivity contribution < 1.29 is 17.5 Å². The summed E-state index contributed by atoms with van der Waals surface area (Å²) in [4.78, 5) is -0.0488. The topological polar surface area (TPSA) is 79.2 Å². The summed E-state index contributed by atoms with van der Waals surface area (Å²) in [5, 5.41) is 8.44. The molecule has 0 aromatic heterocycles. The summed E-state index contributed by atoms with van der Waals surface area (Å²) < 4.78 is 44.5. The minimum atomic E-state index is -3.80. The minimum Gasteiger partial charge on any atom is -0.479 e. The highest BCUT2D eigenvalue weighted by molar-refractivity contribution is 7.92. The maximum atomic E-state index is 12.8. The highest BCUT2D eigenvalue weighted by Gasteiger charge is 2.14. The lowest BCUT2D eigenvalue weighted by molar-refractivity contribution is 0.368. The first kappa shape index (κ1) is 14.8. The molecule has 0 amide bonds. The van der Waals surface area contributed by atoms with Gasteiger partial charge in [0.1, 0.15) is 17.6 Å². The molecule has 0 spiro atoms. The smallest absolute Gasteiger partial charge is 0.261 e. The lowest BCUT2D eigenvalue weighted by Crippen LogP contribution is -2.13. The number of benzene rings is 2. The van der Waals surface area contributed by atoms with Crippen molar-refractivity contribution in [1.29, 1.82) is 5.26 Å². The Labute approximate surface area is 121 Å². The predicted octanol–water partition coefficient (Wildman–Crippen LogP) is 2.53. The van der Waals surface area contributed by atoms with Crippen molar-refractivity contribution >= 4 is 15.7 Å². The molecule has 7 heteroatoms. The van der Waals surface area contributed by atoms with Crippen LogP contribution in [-0.4, -0.2) is 15.0 Å². The Bertz CT molecular complexity index is 768. The van der Waals surface area contributed by atoms with Crippen LogP contribution in [0.5, 0.6) is 5.75 Å². The normalized spacial score (nSPS) is 10.7. The van der Waals surface area contributed by atoms with Crippen LogP contribution in [0.1, 0.15) is 0 Å². The minimum absolute atomic E-state index is 0.0488. The molecule has 0 saturated heterocycles. The standard InChI is InChI=1S/C14H11FN2O3S/c15-11-4-6-14(7-5-11)21(18,19)17-12-2-1-3-13(10-12)20-9-8-16/h1-7,10,17H,9H2. The molecular weight excluding hydrogens is 295 g/mol. The van der Waals surface area contributed by atoms with Gasteiger partial charge in [0.2, 0.25) is 0 Å². The fourth-order valence-corrected chi connectivity index (χ4v) is 2.64. The zero-order valence-electron chi connectivity index (χ0n) is 10.8. The van der Waals surface area contributed by atoms with Crippen molar-refractivity contribution in [2.75, 3.05) is 11.3 Å². The van der Waals surface area contributed by atoms with Gasteiger partial charge in [0.25, 0.3) is 10.0 Å². The number of nitrogens with one attached hydrogen (secondary N) is 1. The van der Waals surface area contributed by atoms with Gasteiger partial charge < -0.3 is 4.74 Å². The second kappa shape index (κ2) is 6.24. The van der Waals surface area contributed by atoms with Crippen LogP contribution in [0.15, 0.2) is 53.4 Å². The molecule has 0 saturated carbocycles. The number of anilines is 1. The first-order chi connectivity index (χ1) is 10.0. The highest BCUT2D eigenvalue weighted by atomic mass is 32.2. The lowest BCUT2D eigenvalue weighted by atomic mass is 10.3. The van der Waals surface area contributed by atoms with E-state index in [4.69, 9.17) is 10.00 Å². The molecular formula is C14H11FN2O3S. The zero-order valence-corrected chi connectivity index (χ0v) is 11.6. The van der Waals surface area contributed by atoms with Gasteiger partial charge in [-0.25, -0.2) is 12.8 Å². The Balaban J connectivity index is 2.20. The van der Waals surface area contributed by atoms with Crippen LogP contribution in [0, 0.1) is 17.1 Å². The van der Waals surface area contributed by atoms with Gasteiger partial charge in [0, 0.05) is 6.07 Å². The number of halogens is 1. The Morgan fingerprint density at radius 3 is 2.57 bits per heavy atom. The van der Waals surface area contributed by atoms with Gasteiger partial charge >= 0.3 is 0 Å². The summed E-state index contributed by atoms with van der Waals surface area (Å²) >= 11 is 0. The van der Waals surface area contributed by atoms with E-state index in [2.05, 4.69) is 4.72 Å². The molecule has 0 bridgehead atoms. The molecule has 0 fully saturated rings. The molecule has 0 unspecified atom stereocenters. The number of hydrogen-bond donors (Lipinski definition) is 1. The third kappa shape index (κ3) is 3.94. The van der Waals surface area contributed by atoms with Crippen LogP contribution >= 0.6 is 0 Å². The molecule has 0 aliphatic rings. The number of nitrogens with zero attached hydrogens (tertiary/aromatic N) is 1. The van der Waals surface area contributed by atoms with E-state index >= 15 is 0 Å². The quantitative estimate of drug-likeness (QED) is 0.920. The molecule has 0 heterocycles. The van der Waals surface area contributed by atoms with Crippen LogP contribution in [0.25, 0.3) is 0 Å². The van der Waals surface area contributed by atoms with E-state index in [9.17, 15) is 12.8 Å². The Morgan fingerprint density at radius 2 is 1.90 bits per heavy atom. The lowest BCUT2D eigenvalue weighted by Gasteiger charge is -2.09. The number of nitriles is 1. The van der Waals surface area contributed by atoms with Crippen LogP contribution < -0.4 is 9.46 Å². The van der Waals surface area contributed by atoms with Crippen LogP contribution in [0.3, 0.4) is 0 Å². The Morgan fingerprint density at radius 1 is 1.19 bits per heavy atom. The summed E-state index contributed by atoms with van der Waals surface area (Å²) in [6.45, 7) is -0.131. The van der Waals surface area contributed by atoms with Crippen molar-refractivity contribution in [1.82, 2.24) is 0 Å². The van der Waals surface area contributed by atoms with Gasteiger partial charge in [0.15, 0.2) is 6.61 Å². The largest absolute Gasteiger partial charge is 0.479 e. The molecule has 2 rings (SSSR count). The second-order valence-corrected chi connectivity index (χ2v) is 5.72. The van der Waals surface area contributed by atoms with E-state index in [0.717, 1.165) is 12.1 Å². The molecule has 0 atom stereocenters. The molecule has 5 nitrogen and oxygen atoms in total. The Kier molecular flexibility index (Phi) is 4.40. The summed E-state index contributed by atoms with van der Waals surface area (Å²) in [7, 11) is -3.80. The third-order valence-corrected chi connectivity index (χ3v) is 3.91. The van der Waals surface area contributed by atoms with E-state index < -0.39 is 15.8 Å². The SMILES string of the molecule is N#CCOc1cccc(NS(=O)(=O)c2ccc(F)cc2)c1. The zero-order chi connectivity index (χ0) is 15.3. The van der Waals surface area contributed by atoms with Crippen molar-refractivity contribution in [2.24, 2.45) is 0 Å². The third-order valence-electron chi connectivity index (χ3n) is 2.51. The maximum Gasteiger partial charge on any atom is 0.261 e. The van der Waals surface area contributed by atoms with Gasteiger partial charge in [-0.2, -0.15) is 5.26 Å². The summed E-state index contributed by atoms with van der Waals surface area (Å²) in [6.07, 6.45) is 0. The molecule has 0 radical (unpaired) electrons. The first-order valence-corrected chi connectivity index (χ1v) is 7.38. The molecule has 0 aliphatic heterocycles. The van der Waals surface area contributed by atoms with Gasteiger partial charge in [0.05, 0.1) is 10.6 Å². The molecule has 2 aromatic rings. The van der Waals surface area contributed by atoms with Gasteiger partial charge in [-0.05, 0) is 36.4 Å². The van der Waals surface area contributed by atoms with Crippen molar-refractivity contribution in [2.45, 2.75) is 4.90 Å². The van der Waals surface area contributed by atoms with Crippen LogP contribution in [0.4, 0.5) is 10.1 Å². The van der Waals surface area contributed by atoms with Crippen molar-refractivity contribution in [3.63, 3.8) is 0 Å². The number of ether oxygens (including phenoxy) is 1. The maximum absolute atomic E-state index is 12.8. The van der Waals surface area contributed by atoms with Crippen molar-refractivity contribution in [3.8, 4) is 11.8 Å². The van der Waals surface area contributed by atoms with E-state index in [-0.39, 0.29) is 17.2 Å². The first-order valence-electron chi connectivity index (χ1n) is 5.89. The van der Waals surface area contributed by atoms with E-state index in [1.54, 1.807) is 18.2 Å². The van der Waals surface area contributed by atoms with Crippen LogP contribution in [0.2, 0.25) is 0 Å². The molecule has 21 heavy (non-hydrogen) atoms. The van der Waals surface area contributed by atoms with E-state index in [1.807, 2.05) is 6.07 Å². The second-order valence-electron chi connectivity index (χ2n) is 4.03. The Hall–Kier alpha value is -2.59. The molecule has 1 N–H and O–H groups in total. The summed E-state index contributed by atoms with van der Waals surface area (Å²) in [5.41, 5.74) is 0.287. The number of rotatable bonds is 5. The van der Waals surface area contributed by atoms with Gasteiger partial charge in [-0.3, -0.25) is 4.72 Å². The summed E-state index contributed by atoms with van der Waals surface area (Å²) in [6, 6.07) is 12.5. The molecule has 0 aliphatic carbocycles. The van der Waals surface area contributed by atoms with Crippen LogP contribution in [-0.2, 0) is 10.0 Å². The van der Waals surface area contributed by atoms with Crippen molar-refractivity contribution in [3.05, 3.63) is 54.3 Å². The van der Waals surface area contributed by atoms with E-state index in [0.29, 0.717) is 5.75 Å². The monoisotopic (exact) mass is 306 g/mol. The highest BCUT2D eigenvalue weighted by Crippen LogP contribution is 2.21. The fraction of sp³-hybridized carbons (Fsp3) is 0.0714. The average molecular weight is 306 g/mol. The predicted molar refractivity (Wildman–Crippen MR) is 74.8 cm³/mol. The molecule has 2 aromatic carbocycles. The number of hydrogen-bond acceptors (Lipinski definition) is 4. The fourth-order valence-electron chi connectivity index (χ4n) is 1.59. The van der Waals surface area contributed by atoms with Gasteiger partial charge in [-0.15, -0.1) is 0 Å². The summed E-state index contributed by atoms with van der Waals surface area (Å²) in [5.74, 6) is -0.142. The molecule has 108 valence electrons. The van der Waals surface area contributed by atoms with Gasteiger partial charge in [-0.1, -0.05) is 6.07 Å². The average Bonchev–Trinajstić information content (AvgIpc) is 2.45. The number of sulfonamides is 1. The van der Waals surface area contributed by atoms with E-state index in [1.165, 1.54) is 18.2 Å².